The molecule has 0 saturated carbocycles. The molecule has 0 bridgehead atoms. The van der Waals surface area contributed by atoms with E-state index in [0.29, 0.717) is 33.0 Å². The predicted molar refractivity (Wildman–Crippen MR) is 63.7 cm³/mol. The minimum Gasteiger partial charge on any atom is -0.378 e. The predicted octanol–water partition coefficient (Wildman–Crippen LogP) is 1.94. The van der Waals surface area contributed by atoms with Crippen LogP contribution in [0.5, 0.6) is 0 Å². The van der Waals surface area contributed by atoms with Crippen LogP contribution in [0, 0.1) is 0 Å². The third kappa shape index (κ3) is 5.28. The van der Waals surface area contributed by atoms with Crippen molar-refractivity contribution >= 4 is 15.9 Å². The Morgan fingerprint density at radius 2 is 1.80 bits per heavy atom. The number of hydrogen-bond donors (Lipinski definition) is 1. The molecule has 0 saturated heterocycles. The molecule has 3 nitrogen and oxygen atoms in total. The molecule has 0 spiro atoms. The van der Waals surface area contributed by atoms with Gasteiger partial charge in [0.1, 0.15) is 0 Å². The van der Waals surface area contributed by atoms with Crippen molar-refractivity contribution in [3.05, 3.63) is 34.3 Å². The van der Waals surface area contributed by atoms with Crippen molar-refractivity contribution in [1.82, 2.24) is 0 Å². The van der Waals surface area contributed by atoms with E-state index < -0.39 is 0 Å². The average Bonchev–Trinajstić information content (AvgIpc) is 2.25. The minimum absolute atomic E-state index is 0.560. The van der Waals surface area contributed by atoms with Crippen LogP contribution >= 0.6 is 15.9 Å². The van der Waals surface area contributed by atoms with Crippen LogP contribution < -0.4 is 5.73 Å². The fourth-order valence-electron chi connectivity index (χ4n) is 1.10. The lowest BCUT2D eigenvalue weighted by Gasteiger charge is -2.06. The molecule has 2 N–H and O–H groups in total. The second-order valence-electron chi connectivity index (χ2n) is 3.05. The highest BCUT2D eigenvalue weighted by Gasteiger charge is 1.97. The topological polar surface area (TPSA) is 44.5 Å². The summed E-state index contributed by atoms with van der Waals surface area (Å²) in [5.74, 6) is 0. The summed E-state index contributed by atoms with van der Waals surface area (Å²) < 4.78 is 11.7. The van der Waals surface area contributed by atoms with Crippen molar-refractivity contribution in [3.8, 4) is 0 Å². The summed E-state index contributed by atoms with van der Waals surface area (Å²) in [5, 5.41) is 0. The van der Waals surface area contributed by atoms with Gasteiger partial charge in [0.05, 0.1) is 26.4 Å². The van der Waals surface area contributed by atoms with Gasteiger partial charge in [0, 0.05) is 11.0 Å². The standard InChI is InChI=1S/C11H16BrNO2/c12-11-4-2-1-3-10(11)9-15-8-7-14-6-5-13/h1-4H,5-9,13H2. The normalized spacial score (nSPS) is 10.5. The molecule has 15 heavy (non-hydrogen) atoms. The summed E-state index contributed by atoms with van der Waals surface area (Å²) in [7, 11) is 0. The summed E-state index contributed by atoms with van der Waals surface area (Å²) in [5.41, 5.74) is 6.43. The number of hydrogen-bond acceptors (Lipinski definition) is 3. The number of ether oxygens (including phenoxy) is 2. The van der Waals surface area contributed by atoms with E-state index in [1.165, 1.54) is 0 Å². The molecule has 0 aliphatic carbocycles. The molecule has 1 rings (SSSR count). The fourth-order valence-corrected chi connectivity index (χ4v) is 1.50. The van der Waals surface area contributed by atoms with Crippen LogP contribution in [-0.2, 0) is 16.1 Å². The van der Waals surface area contributed by atoms with E-state index >= 15 is 0 Å². The van der Waals surface area contributed by atoms with Gasteiger partial charge in [-0.15, -0.1) is 0 Å². The van der Waals surface area contributed by atoms with E-state index in [-0.39, 0.29) is 0 Å². The molecular weight excluding hydrogens is 258 g/mol. The molecule has 0 aliphatic rings. The Labute approximate surface area is 98.7 Å². The zero-order valence-electron chi connectivity index (χ0n) is 8.62. The molecule has 0 fully saturated rings. The molecule has 0 radical (unpaired) electrons. The molecule has 0 unspecified atom stereocenters. The Balaban J connectivity index is 2.12. The Bertz CT molecular complexity index is 281. The fraction of sp³-hybridized carbons (Fsp3) is 0.455. The summed E-state index contributed by atoms with van der Waals surface area (Å²) in [6, 6.07) is 8.01. The first-order valence-corrected chi connectivity index (χ1v) is 5.73. The number of halogens is 1. The molecule has 84 valence electrons. The maximum atomic E-state index is 5.45. The van der Waals surface area contributed by atoms with Crippen LogP contribution in [0.3, 0.4) is 0 Å². The molecule has 1 aromatic carbocycles. The van der Waals surface area contributed by atoms with Gasteiger partial charge in [0.15, 0.2) is 0 Å². The monoisotopic (exact) mass is 273 g/mol. The van der Waals surface area contributed by atoms with Gasteiger partial charge in [-0.05, 0) is 11.6 Å². The van der Waals surface area contributed by atoms with Crippen LogP contribution in [0.1, 0.15) is 5.56 Å². The largest absolute Gasteiger partial charge is 0.378 e. The Kier molecular flexibility index (Phi) is 6.59. The quantitative estimate of drug-likeness (QED) is 0.773. The summed E-state index contributed by atoms with van der Waals surface area (Å²) in [4.78, 5) is 0. The van der Waals surface area contributed by atoms with E-state index in [0.717, 1.165) is 10.0 Å². The highest BCUT2D eigenvalue weighted by molar-refractivity contribution is 9.10. The van der Waals surface area contributed by atoms with Crippen LogP contribution in [0.4, 0.5) is 0 Å². The number of rotatable bonds is 7. The Morgan fingerprint density at radius 3 is 2.53 bits per heavy atom. The lowest BCUT2D eigenvalue weighted by molar-refractivity contribution is 0.0432. The molecule has 0 aliphatic heterocycles. The smallest absolute Gasteiger partial charge is 0.0728 e. The molecular formula is C11H16BrNO2. The van der Waals surface area contributed by atoms with Crippen molar-refractivity contribution in [2.75, 3.05) is 26.4 Å². The first-order chi connectivity index (χ1) is 7.34. The van der Waals surface area contributed by atoms with Gasteiger partial charge in [-0.25, -0.2) is 0 Å². The molecule has 1 aromatic rings. The lowest BCUT2D eigenvalue weighted by atomic mass is 10.2. The Morgan fingerprint density at radius 1 is 1.07 bits per heavy atom. The van der Waals surface area contributed by atoms with Crippen molar-refractivity contribution in [2.45, 2.75) is 6.61 Å². The first kappa shape index (κ1) is 12.6. The second-order valence-corrected chi connectivity index (χ2v) is 3.90. The zero-order valence-corrected chi connectivity index (χ0v) is 10.2. The van der Waals surface area contributed by atoms with Gasteiger partial charge in [0.25, 0.3) is 0 Å². The molecule has 0 aromatic heterocycles. The molecule has 4 heteroatoms. The van der Waals surface area contributed by atoms with E-state index in [1.807, 2.05) is 24.3 Å². The first-order valence-electron chi connectivity index (χ1n) is 4.93. The summed E-state index contributed by atoms with van der Waals surface area (Å²) in [6.07, 6.45) is 0. The van der Waals surface area contributed by atoms with Crippen molar-refractivity contribution in [1.29, 1.82) is 0 Å². The van der Waals surface area contributed by atoms with Gasteiger partial charge in [-0.3, -0.25) is 0 Å². The second kappa shape index (κ2) is 7.82. The van der Waals surface area contributed by atoms with Gasteiger partial charge in [-0.2, -0.15) is 0 Å². The van der Waals surface area contributed by atoms with E-state index in [1.54, 1.807) is 0 Å². The maximum absolute atomic E-state index is 5.45. The average molecular weight is 274 g/mol. The summed E-state index contributed by atoms with van der Waals surface area (Å²) >= 11 is 3.46. The number of nitrogens with two attached hydrogens (primary N) is 1. The highest BCUT2D eigenvalue weighted by atomic mass is 79.9. The molecule has 0 atom stereocenters. The van der Waals surface area contributed by atoms with Crippen LogP contribution in [0.15, 0.2) is 28.7 Å². The lowest BCUT2D eigenvalue weighted by Crippen LogP contribution is -2.12. The van der Waals surface area contributed by atoms with Gasteiger partial charge in [0.2, 0.25) is 0 Å². The highest BCUT2D eigenvalue weighted by Crippen LogP contribution is 2.16. The minimum atomic E-state index is 0.560. The van der Waals surface area contributed by atoms with Crippen LogP contribution in [0.25, 0.3) is 0 Å². The van der Waals surface area contributed by atoms with Crippen molar-refractivity contribution in [3.63, 3.8) is 0 Å². The maximum Gasteiger partial charge on any atom is 0.0728 e. The third-order valence-corrected chi connectivity index (χ3v) is 2.62. The van der Waals surface area contributed by atoms with Gasteiger partial charge >= 0.3 is 0 Å². The summed E-state index contributed by atoms with van der Waals surface area (Å²) in [6.45, 7) is 2.96. The van der Waals surface area contributed by atoms with Crippen molar-refractivity contribution < 1.29 is 9.47 Å². The van der Waals surface area contributed by atoms with E-state index in [4.69, 9.17) is 15.2 Å². The van der Waals surface area contributed by atoms with Gasteiger partial charge < -0.3 is 15.2 Å². The molecule has 0 amide bonds. The Hall–Kier alpha value is -0.420. The number of benzene rings is 1. The van der Waals surface area contributed by atoms with E-state index in [9.17, 15) is 0 Å². The SMILES string of the molecule is NCCOCCOCc1ccccc1Br. The zero-order chi connectivity index (χ0) is 10.9. The van der Waals surface area contributed by atoms with Crippen LogP contribution in [0.2, 0.25) is 0 Å². The van der Waals surface area contributed by atoms with Crippen molar-refractivity contribution in [2.24, 2.45) is 5.73 Å². The third-order valence-electron chi connectivity index (χ3n) is 1.85. The van der Waals surface area contributed by atoms with Gasteiger partial charge in [-0.1, -0.05) is 34.1 Å². The van der Waals surface area contributed by atoms with Crippen LogP contribution in [-0.4, -0.2) is 26.4 Å². The molecule has 0 heterocycles. The van der Waals surface area contributed by atoms with E-state index in [2.05, 4.69) is 15.9 Å².